The minimum atomic E-state index is -0.715. The molecule has 0 fully saturated rings. The van der Waals surface area contributed by atoms with Crippen molar-refractivity contribution in [3.05, 3.63) is 48.7 Å². The fourth-order valence-electron chi connectivity index (χ4n) is 1.72. The van der Waals surface area contributed by atoms with Crippen molar-refractivity contribution in [2.75, 3.05) is 12.4 Å². The number of nitrogens with zero attached hydrogens (tertiary/aromatic N) is 5. The summed E-state index contributed by atoms with van der Waals surface area (Å²) in [6, 6.07) is 4.31. The van der Waals surface area contributed by atoms with Crippen LogP contribution in [0.3, 0.4) is 0 Å². The van der Waals surface area contributed by atoms with Gasteiger partial charge in [0, 0.05) is 51.5 Å². The molecule has 0 unspecified atom stereocenters. The zero-order valence-electron chi connectivity index (χ0n) is 10.7. The Morgan fingerprint density at radius 1 is 1.33 bits per heavy atom. The second-order valence-corrected chi connectivity index (χ2v) is 4.65. The van der Waals surface area contributed by atoms with Crippen LogP contribution < -0.4 is 5.32 Å². The Balaban J connectivity index is 2.40. The van der Waals surface area contributed by atoms with Gasteiger partial charge >= 0.3 is 5.95 Å². The molecule has 0 atom stereocenters. The Labute approximate surface area is 126 Å². The van der Waals surface area contributed by atoms with E-state index in [9.17, 15) is 20.2 Å². The minimum absolute atomic E-state index is 0.0743. The third kappa shape index (κ3) is 3.13. The average molecular weight is 357 g/mol. The van der Waals surface area contributed by atoms with E-state index < -0.39 is 15.8 Å². The largest absolute Gasteiger partial charge is 0.492 e. The zero-order valence-corrected chi connectivity index (χ0v) is 12.3. The summed E-state index contributed by atoms with van der Waals surface area (Å²) < 4.78 is 1.42. The second kappa shape index (κ2) is 5.83. The summed E-state index contributed by atoms with van der Waals surface area (Å²) in [7, 11) is 1.67. The van der Waals surface area contributed by atoms with Crippen LogP contribution in [-0.4, -0.2) is 31.7 Å². The van der Waals surface area contributed by atoms with Crippen molar-refractivity contribution in [3.63, 3.8) is 0 Å². The van der Waals surface area contributed by atoms with E-state index in [1.807, 2.05) is 0 Å². The summed E-state index contributed by atoms with van der Waals surface area (Å²) in [6.45, 7) is 0.0965. The number of rotatable bonds is 5. The monoisotopic (exact) mass is 356 g/mol. The maximum Gasteiger partial charge on any atom is 0.492 e. The second-order valence-electron chi connectivity index (χ2n) is 3.94. The van der Waals surface area contributed by atoms with Gasteiger partial charge in [0.2, 0.25) is 0 Å². The molecule has 21 heavy (non-hydrogen) atoms. The molecule has 10 nitrogen and oxygen atoms in total. The van der Waals surface area contributed by atoms with Crippen LogP contribution >= 0.6 is 15.9 Å². The van der Waals surface area contributed by atoms with Gasteiger partial charge in [-0.3, -0.25) is 10.1 Å². The van der Waals surface area contributed by atoms with Gasteiger partial charge in [-0.15, -0.1) is 0 Å². The van der Waals surface area contributed by atoms with Gasteiger partial charge in [-0.2, -0.15) is 4.68 Å². The van der Waals surface area contributed by atoms with Crippen molar-refractivity contribution >= 4 is 33.3 Å². The summed E-state index contributed by atoms with van der Waals surface area (Å²) in [5, 5.41) is 28.1. The van der Waals surface area contributed by atoms with Gasteiger partial charge in [-0.1, -0.05) is 0 Å². The van der Waals surface area contributed by atoms with E-state index in [1.54, 1.807) is 13.1 Å². The number of hydrogen-bond acceptors (Lipinski definition) is 7. The number of anilines is 1. The first kappa shape index (κ1) is 14.8. The van der Waals surface area contributed by atoms with Gasteiger partial charge in [-0.25, -0.2) is 0 Å². The Morgan fingerprint density at radius 3 is 2.57 bits per heavy atom. The molecule has 11 heteroatoms. The van der Waals surface area contributed by atoms with Crippen LogP contribution in [0.25, 0.3) is 0 Å². The fraction of sp³-hybridized carbons (Fsp3) is 0.200. The fourth-order valence-corrected chi connectivity index (χ4v) is 2.08. The van der Waals surface area contributed by atoms with Crippen LogP contribution in [0.4, 0.5) is 17.3 Å². The Hall–Kier alpha value is -2.56. The molecular weight excluding hydrogens is 348 g/mol. The van der Waals surface area contributed by atoms with Crippen LogP contribution in [0.5, 0.6) is 0 Å². The van der Waals surface area contributed by atoms with Crippen LogP contribution in [0.2, 0.25) is 0 Å². The zero-order chi connectivity index (χ0) is 15.6. The molecule has 2 aromatic rings. The van der Waals surface area contributed by atoms with Gasteiger partial charge < -0.3 is 15.4 Å². The van der Waals surface area contributed by atoms with E-state index in [0.29, 0.717) is 11.3 Å². The first-order valence-corrected chi connectivity index (χ1v) is 6.41. The van der Waals surface area contributed by atoms with Crippen LogP contribution in [0, 0.1) is 20.2 Å². The number of aromatic nitrogens is 3. The molecule has 0 aliphatic heterocycles. The van der Waals surface area contributed by atoms with Crippen LogP contribution in [0.15, 0.2) is 22.9 Å². The Kier molecular flexibility index (Phi) is 4.12. The molecule has 0 bridgehead atoms. The number of nitro benzene ring substituents is 1. The van der Waals surface area contributed by atoms with E-state index in [0.717, 1.165) is 0 Å². The highest BCUT2D eigenvalue weighted by Crippen LogP contribution is 2.24. The summed E-state index contributed by atoms with van der Waals surface area (Å²) in [4.78, 5) is 23.9. The van der Waals surface area contributed by atoms with E-state index in [2.05, 4.69) is 31.3 Å². The normalized spacial score (nSPS) is 10.4. The molecule has 0 spiro atoms. The van der Waals surface area contributed by atoms with E-state index in [4.69, 9.17) is 0 Å². The average Bonchev–Trinajstić information content (AvgIpc) is 2.80. The topological polar surface area (TPSA) is 129 Å². The molecule has 1 aromatic heterocycles. The molecule has 0 amide bonds. The summed E-state index contributed by atoms with van der Waals surface area (Å²) in [5.41, 5.74) is 1.15. The van der Waals surface area contributed by atoms with Crippen molar-refractivity contribution in [1.82, 2.24) is 14.8 Å². The maximum atomic E-state index is 10.8. The molecule has 0 saturated carbocycles. The van der Waals surface area contributed by atoms with E-state index in [1.165, 1.54) is 16.8 Å². The summed E-state index contributed by atoms with van der Waals surface area (Å²) in [6.07, 6.45) is 0. The quantitative estimate of drug-likeness (QED) is 0.639. The van der Waals surface area contributed by atoms with Crippen molar-refractivity contribution < 1.29 is 9.85 Å². The van der Waals surface area contributed by atoms with E-state index >= 15 is 0 Å². The smallest absolute Gasteiger partial charge is 0.390 e. The molecule has 0 aliphatic rings. The van der Waals surface area contributed by atoms with Gasteiger partial charge in [0.25, 0.3) is 10.4 Å². The highest BCUT2D eigenvalue weighted by atomic mass is 79.9. The number of non-ortho nitro benzene ring substituents is 1. The first-order valence-electron chi connectivity index (χ1n) is 5.62. The Bertz CT molecular complexity index is 716. The molecule has 110 valence electrons. The third-order valence-corrected chi connectivity index (χ3v) is 3.25. The third-order valence-electron chi connectivity index (χ3n) is 2.67. The van der Waals surface area contributed by atoms with Crippen molar-refractivity contribution in [2.45, 2.75) is 6.54 Å². The predicted molar refractivity (Wildman–Crippen MR) is 76.1 cm³/mol. The van der Waals surface area contributed by atoms with Crippen LogP contribution in [0.1, 0.15) is 5.56 Å². The highest BCUT2D eigenvalue weighted by molar-refractivity contribution is 9.10. The van der Waals surface area contributed by atoms with Crippen LogP contribution in [-0.2, 0) is 6.54 Å². The van der Waals surface area contributed by atoms with E-state index in [-0.39, 0.29) is 17.0 Å². The van der Waals surface area contributed by atoms with Gasteiger partial charge in [0.05, 0.1) is 11.5 Å². The van der Waals surface area contributed by atoms with Crippen molar-refractivity contribution in [1.29, 1.82) is 0 Å². The number of nitro groups is 2. The predicted octanol–water partition coefficient (Wildman–Crippen LogP) is 1.95. The number of nitrogens with one attached hydrogen (secondary N) is 1. The van der Waals surface area contributed by atoms with Gasteiger partial charge in [0.1, 0.15) is 0 Å². The number of benzene rings is 1. The molecule has 1 heterocycles. The van der Waals surface area contributed by atoms with Gasteiger partial charge in [-0.05, 0) is 16.0 Å². The molecule has 0 radical (unpaired) electrons. The molecule has 1 N–H and O–H groups in total. The summed E-state index contributed by atoms with van der Waals surface area (Å²) >= 11 is 3.07. The lowest BCUT2D eigenvalue weighted by Crippen LogP contribution is -2.06. The maximum absolute atomic E-state index is 10.8. The van der Waals surface area contributed by atoms with Gasteiger partial charge in [0.15, 0.2) is 0 Å². The van der Waals surface area contributed by atoms with Crippen molar-refractivity contribution in [2.24, 2.45) is 0 Å². The first-order chi connectivity index (χ1) is 9.92. The summed E-state index contributed by atoms with van der Waals surface area (Å²) in [5.74, 6) is -0.543. The molecule has 1 aromatic carbocycles. The number of hydrogen-bond donors (Lipinski definition) is 1. The van der Waals surface area contributed by atoms with Crippen molar-refractivity contribution in [3.8, 4) is 0 Å². The molecule has 0 aliphatic carbocycles. The number of halogens is 1. The SMILES string of the molecule is CNc1ccc([N+](=O)[O-])cc1Cn1nc([N+](=O)[O-])nc1Br. The lowest BCUT2D eigenvalue weighted by molar-refractivity contribution is -0.394. The molecule has 2 rings (SSSR count). The standard InChI is InChI=1S/C10H9BrN6O4/c1-12-8-3-2-7(16(18)19)4-6(8)5-15-9(11)13-10(14-15)17(20)21/h2-4,12H,5H2,1H3. The minimum Gasteiger partial charge on any atom is -0.390 e. The highest BCUT2D eigenvalue weighted by Gasteiger charge is 2.21. The molecule has 0 saturated heterocycles. The lowest BCUT2D eigenvalue weighted by Gasteiger charge is -2.07. The molecular formula is C10H9BrN6O4. The lowest BCUT2D eigenvalue weighted by atomic mass is 10.1. The Morgan fingerprint density at radius 2 is 2.05 bits per heavy atom.